The minimum Gasteiger partial charge on any atom is -0.308 e. The molecule has 3 heterocycles. The van der Waals surface area contributed by atoms with E-state index in [1.54, 1.807) is 0 Å². The zero-order valence-corrected chi connectivity index (χ0v) is 28.3. The van der Waals surface area contributed by atoms with Crippen molar-refractivity contribution in [3.63, 3.8) is 0 Å². The van der Waals surface area contributed by atoms with Gasteiger partial charge in [-0.25, -0.2) is 9.98 Å². The molecule has 0 radical (unpaired) electrons. The van der Waals surface area contributed by atoms with E-state index in [1.165, 1.54) is 59.9 Å². The fourth-order valence-electron chi connectivity index (χ4n) is 8.22. The monoisotopic (exact) mass is 654 g/mol. The number of amidine groups is 1. The summed E-state index contributed by atoms with van der Waals surface area (Å²) >= 11 is 0. The van der Waals surface area contributed by atoms with Crippen molar-refractivity contribution in [2.45, 2.75) is 19.8 Å². The van der Waals surface area contributed by atoms with E-state index in [0.29, 0.717) is 11.5 Å². The topological polar surface area (TPSA) is 34.1 Å². The summed E-state index contributed by atoms with van der Waals surface area (Å²) in [5.41, 5.74) is 11.9. The lowest BCUT2D eigenvalue weighted by Crippen LogP contribution is -2.09. The molecule has 6 aromatic carbocycles. The molecule has 10 rings (SSSR count). The van der Waals surface area contributed by atoms with Gasteiger partial charge in [-0.2, -0.15) is 0 Å². The van der Waals surface area contributed by atoms with Gasteiger partial charge in [-0.3, -0.25) is 0 Å². The fraction of sp³-hybridized carbons (Fsp3) is 0.0638. The second kappa shape index (κ2) is 11.5. The molecule has 9 aromatic rings. The molecular formula is C47H34N4. The van der Waals surface area contributed by atoms with E-state index < -0.39 is 0 Å². The van der Waals surface area contributed by atoms with Crippen molar-refractivity contribution in [1.29, 1.82) is 0 Å². The molecule has 0 spiro atoms. The van der Waals surface area contributed by atoms with Crippen LogP contribution in [-0.4, -0.2) is 20.5 Å². The number of para-hydroxylation sites is 3. The number of aromatic nitrogens is 2. The molecule has 242 valence electrons. The first-order valence-electron chi connectivity index (χ1n) is 17.6. The molecule has 0 saturated heterocycles. The van der Waals surface area contributed by atoms with Crippen molar-refractivity contribution in [3.8, 4) is 5.69 Å². The molecule has 0 aliphatic heterocycles. The quantitative estimate of drug-likeness (QED) is 0.131. The van der Waals surface area contributed by atoms with Crippen LogP contribution in [0.25, 0.3) is 71.3 Å². The molecule has 0 saturated carbocycles. The highest BCUT2D eigenvalue weighted by Crippen LogP contribution is 2.44. The highest BCUT2D eigenvalue weighted by Gasteiger charge is 2.23. The van der Waals surface area contributed by atoms with Crippen molar-refractivity contribution in [2.24, 2.45) is 9.98 Å². The SMILES string of the molecule is C=C(/N=C(\N=C(/C)c1ccccc1-n1c2cccc3c4cccc5c6ccccc6n(c6cccc1c6c32)c45)C1=CC=CCC1)c1ccccc1. The number of hydrogen-bond acceptors (Lipinski definition) is 1. The van der Waals surface area contributed by atoms with Gasteiger partial charge < -0.3 is 8.97 Å². The zero-order chi connectivity index (χ0) is 34.1. The average molecular weight is 655 g/mol. The van der Waals surface area contributed by atoms with Crippen LogP contribution in [0.15, 0.2) is 174 Å². The molecule has 0 N–H and O–H groups in total. The molecule has 1 aliphatic carbocycles. The molecule has 1 aliphatic rings. The summed E-state index contributed by atoms with van der Waals surface area (Å²) in [7, 11) is 0. The summed E-state index contributed by atoms with van der Waals surface area (Å²) < 4.78 is 4.92. The van der Waals surface area contributed by atoms with Gasteiger partial charge in [-0.15, -0.1) is 0 Å². The normalized spacial score (nSPS) is 14.2. The Kier molecular flexibility index (Phi) is 6.65. The molecule has 0 amide bonds. The number of aliphatic imine (C=N–C) groups is 2. The van der Waals surface area contributed by atoms with Crippen molar-refractivity contribution >= 4 is 77.1 Å². The largest absolute Gasteiger partial charge is 0.308 e. The first-order valence-corrected chi connectivity index (χ1v) is 17.6. The average Bonchev–Trinajstić information content (AvgIpc) is 3.67. The van der Waals surface area contributed by atoms with Crippen LogP contribution in [0, 0.1) is 0 Å². The van der Waals surface area contributed by atoms with Gasteiger partial charge in [0.05, 0.1) is 39.0 Å². The number of rotatable bonds is 5. The predicted molar refractivity (Wildman–Crippen MR) is 217 cm³/mol. The Morgan fingerprint density at radius 1 is 0.608 bits per heavy atom. The Labute approximate surface area is 295 Å². The van der Waals surface area contributed by atoms with Crippen LogP contribution < -0.4 is 0 Å². The smallest absolute Gasteiger partial charge is 0.155 e. The van der Waals surface area contributed by atoms with Crippen LogP contribution in [0.3, 0.4) is 0 Å². The van der Waals surface area contributed by atoms with E-state index in [0.717, 1.165) is 40.9 Å². The van der Waals surface area contributed by atoms with E-state index in [2.05, 4.69) is 144 Å². The van der Waals surface area contributed by atoms with Gasteiger partial charge in [-0.05, 0) is 66.6 Å². The Bertz CT molecular complexity index is 2980. The minimum absolute atomic E-state index is 0.703. The summed E-state index contributed by atoms with van der Waals surface area (Å²) in [6.07, 6.45) is 8.29. The second-order valence-electron chi connectivity index (χ2n) is 13.4. The standard InChI is InChI=1S/C47H34N4/c1-30(32-16-5-3-6-17-32)48-47(33-18-7-4-8-19-33)49-31(2)34-20-9-11-25-39(34)50-41-27-14-22-36-38-24-13-23-37-35-21-10-12-26-40(35)51(46(37)38)43-29-15-28-42(50)45(43)44(36)41/h3-7,9-18,20-29H,1,8,19H2,2H3/b48-47-,49-31+. The van der Waals surface area contributed by atoms with Gasteiger partial charge in [0.25, 0.3) is 0 Å². The van der Waals surface area contributed by atoms with Gasteiger partial charge in [0.2, 0.25) is 0 Å². The van der Waals surface area contributed by atoms with E-state index in [9.17, 15) is 0 Å². The van der Waals surface area contributed by atoms with Gasteiger partial charge >= 0.3 is 0 Å². The Balaban J connectivity index is 1.25. The Hall–Kier alpha value is -6.52. The molecule has 0 unspecified atom stereocenters. The first-order chi connectivity index (χ1) is 25.2. The van der Waals surface area contributed by atoms with Crippen LogP contribution in [0.2, 0.25) is 0 Å². The van der Waals surface area contributed by atoms with Crippen LogP contribution in [-0.2, 0) is 0 Å². The fourth-order valence-corrected chi connectivity index (χ4v) is 8.22. The van der Waals surface area contributed by atoms with E-state index in [-0.39, 0.29) is 0 Å². The zero-order valence-electron chi connectivity index (χ0n) is 28.3. The lowest BCUT2D eigenvalue weighted by Gasteiger charge is -2.15. The minimum atomic E-state index is 0.703. The summed E-state index contributed by atoms with van der Waals surface area (Å²) in [5.74, 6) is 0.710. The number of benzene rings is 6. The maximum atomic E-state index is 5.30. The van der Waals surface area contributed by atoms with Crippen molar-refractivity contribution in [1.82, 2.24) is 8.97 Å². The summed E-state index contributed by atoms with van der Waals surface area (Å²) in [4.78, 5) is 10.4. The third kappa shape index (κ3) is 4.46. The van der Waals surface area contributed by atoms with E-state index in [4.69, 9.17) is 9.98 Å². The summed E-state index contributed by atoms with van der Waals surface area (Å²) in [6, 6.07) is 47.8. The Morgan fingerprint density at radius 3 is 2.10 bits per heavy atom. The molecule has 0 atom stereocenters. The van der Waals surface area contributed by atoms with Crippen molar-refractivity contribution < 1.29 is 0 Å². The third-order valence-electron chi connectivity index (χ3n) is 10.5. The van der Waals surface area contributed by atoms with Gasteiger partial charge in [0.1, 0.15) is 0 Å². The highest BCUT2D eigenvalue weighted by atomic mass is 15.0. The van der Waals surface area contributed by atoms with Crippen LogP contribution in [0.4, 0.5) is 0 Å². The van der Waals surface area contributed by atoms with E-state index >= 15 is 0 Å². The second-order valence-corrected chi connectivity index (χ2v) is 13.4. The van der Waals surface area contributed by atoms with Gasteiger partial charge in [0, 0.05) is 38.2 Å². The van der Waals surface area contributed by atoms with Gasteiger partial charge in [0.15, 0.2) is 5.84 Å². The van der Waals surface area contributed by atoms with Crippen LogP contribution in [0.1, 0.15) is 30.9 Å². The maximum Gasteiger partial charge on any atom is 0.155 e. The lowest BCUT2D eigenvalue weighted by molar-refractivity contribution is 0.999. The maximum absolute atomic E-state index is 5.30. The van der Waals surface area contributed by atoms with Crippen molar-refractivity contribution in [3.05, 3.63) is 175 Å². The molecule has 0 bridgehead atoms. The Morgan fingerprint density at radius 2 is 1.25 bits per heavy atom. The van der Waals surface area contributed by atoms with Crippen LogP contribution >= 0.6 is 0 Å². The molecular weight excluding hydrogens is 621 g/mol. The first kappa shape index (κ1) is 29.4. The number of nitrogens with zero attached hydrogens (tertiary/aromatic N) is 4. The molecule has 3 aromatic heterocycles. The molecule has 4 nitrogen and oxygen atoms in total. The predicted octanol–water partition coefficient (Wildman–Crippen LogP) is 12.1. The number of fused-ring (bicyclic) bond motifs is 5. The molecule has 0 fully saturated rings. The number of allylic oxidation sites excluding steroid dienone is 3. The summed E-state index contributed by atoms with van der Waals surface area (Å²) in [6.45, 7) is 6.44. The van der Waals surface area contributed by atoms with E-state index in [1.807, 2.05) is 30.3 Å². The highest BCUT2D eigenvalue weighted by molar-refractivity contribution is 6.31. The summed E-state index contributed by atoms with van der Waals surface area (Å²) in [5, 5.41) is 7.59. The molecule has 51 heavy (non-hydrogen) atoms. The van der Waals surface area contributed by atoms with Gasteiger partial charge in [-0.1, -0.05) is 128 Å². The van der Waals surface area contributed by atoms with Crippen LogP contribution in [0.5, 0.6) is 0 Å². The molecule has 4 heteroatoms. The third-order valence-corrected chi connectivity index (χ3v) is 10.5. The number of hydrogen-bond donors (Lipinski definition) is 0. The lowest BCUT2D eigenvalue weighted by atomic mass is 10.0. The van der Waals surface area contributed by atoms with Crippen molar-refractivity contribution in [2.75, 3.05) is 0 Å².